The number of ether oxygens (including phenoxy) is 2. The van der Waals surface area contributed by atoms with Crippen molar-refractivity contribution >= 4 is 23.3 Å². The summed E-state index contributed by atoms with van der Waals surface area (Å²) in [6, 6.07) is 21.9. The van der Waals surface area contributed by atoms with E-state index in [1.54, 1.807) is 29.2 Å². The van der Waals surface area contributed by atoms with Gasteiger partial charge in [-0.1, -0.05) is 36.4 Å². The Hall–Kier alpha value is -4.00. The number of methoxy groups -OCH3 is 1. The predicted molar refractivity (Wildman–Crippen MR) is 112 cm³/mol. The van der Waals surface area contributed by atoms with Crippen molar-refractivity contribution in [2.45, 2.75) is 6.17 Å². The lowest BCUT2D eigenvalue weighted by atomic mass is 10.0. The second-order valence-corrected chi connectivity index (χ2v) is 6.70. The molecule has 4 rings (SSSR count). The fraction of sp³-hybridized carbons (Fsp3) is 0.130. The Morgan fingerprint density at radius 3 is 2.50 bits per heavy atom. The maximum Gasteiger partial charge on any atom is 0.341 e. The van der Waals surface area contributed by atoms with Gasteiger partial charge in [-0.2, -0.15) is 0 Å². The number of fused-ring (bicyclic) bond motifs is 1. The lowest BCUT2D eigenvalue weighted by Crippen LogP contribution is -2.43. The Kier molecular flexibility index (Phi) is 5.26. The van der Waals surface area contributed by atoms with Crippen molar-refractivity contribution in [3.63, 3.8) is 0 Å². The van der Waals surface area contributed by atoms with Crippen LogP contribution >= 0.6 is 0 Å². The van der Waals surface area contributed by atoms with Crippen LogP contribution in [0.15, 0.2) is 72.8 Å². The molecule has 1 heterocycles. The predicted octanol–water partition coefficient (Wildman–Crippen LogP) is 3.93. The van der Waals surface area contributed by atoms with Crippen molar-refractivity contribution in [3.05, 3.63) is 83.9 Å². The Labute approximate surface area is 173 Å². The van der Waals surface area contributed by atoms with Crippen molar-refractivity contribution in [2.24, 2.45) is 0 Å². The average molecular weight is 404 g/mol. The minimum atomic E-state index is -1.08. The molecule has 1 aliphatic rings. The average Bonchev–Trinajstić information content (AvgIpc) is 2.78. The number of carbonyl (C=O) groups excluding carboxylic acids is 1. The Bertz CT molecular complexity index is 1080. The number of anilines is 2. The molecule has 1 amide bonds. The van der Waals surface area contributed by atoms with E-state index in [9.17, 15) is 9.59 Å². The van der Waals surface area contributed by atoms with Gasteiger partial charge in [0.1, 0.15) is 6.17 Å². The first kappa shape index (κ1) is 19.3. The number of nitrogens with zero attached hydrogens (tertiary/aromatic N) is 1. The molecule has 3 aromatic carbocycles. The Morgan fingerprint density at radius 2 is 1.77 bits per heavy atom. The van der Waals surface area contributed by atoms with Gasteiger partial charge >= 0.3 is 5.97 Å². The Morgan fingerprint density at radius 1 is 1.03 bits per heavy atom. The van der Waals surface area contributed by atoms with E-state index in [0.29, 0.717) is 17.1 Å². The molecule has 0 radical (unpaired) electrons. The third kappa shape index (κ3) is 3.65. The highest BCUT2D eigenvalue weighted by molar-refractivity contribution is 6.12. The highest BCUT2D eigenvalue weighted by Gasteiger charge is 2.34. The standard InChI is InChI=1S/C23H20N2O5/c1-29-20-13-15(11-12-19(20)30-14-21(26)27)22-24-18-10-6-5-9-17(18)23(28)25(22)16-7-3-2-4-8-16/h2-13,22,24H,14H2,1H3,(H,26,27)/t22-/m0/s1. The number of carboxylic acids is 1. The summed E-state index contributed by atoms with van der Waals surface area (Å²) in [7, 11) is 1.48. The summed E-state index contributed by atoms with van der Waals surface area (Å²) in [5, 5.41) is 12.3. The number of aliphatic carboxylic acids is 1. The minimum Gasteiger partial charge on any atom is -0.493 e. The van der Waals surface area contributed by atoms with Crippen LogP contribution in [0, 0.1) is 0 Å². The van der Waals surface area contributed by atoms with Crippen LogP contribution in [0.3, 0.4) is 0 Å². The molecule has 0 aromatic heterocycles. The molecule has 0 fully saturated rings. The van der Waals surface area contributed by atoms with Crippen molar-refractivity contribution < 1.29 is 24.2 Å². The van der Waals surface area contributed by atoms with Crippen LogP contribution in [0.1, 0.15) is 22.1 Å². The molecule has 1 atom stereocenters. The molecule has 152 valence electrons. The van der Waals surface area contributed by atoms with Crippen LogP contribution in [0.5, 0.6) is 11.5 Å². The maximum atomic E-state index is 13.4. The smallest absolute Gasteiger partial charge is 0.341 e. The van der Waals surface area contributed by atoms with Gasteiger partial charge in [-0.15, -0.1) is 0 Å². The van der Waals surface area contributed by atoms with E-state index < -0.39 is 18.7 Å². The van der Waals surface area contributed by atoms with Gasteiger partial charge in [0.05, 0.1) is 12.7 Å². The number of hydrogen-bond acceptors (Lipinski definition) is 5. The second-order valence-electron chi connectivity index (χ2n) is 6.70. The highest BCUT2D eigenvalue weighted by atomic mass is 16.5. The summed E-state index contributed by atoms with van der Waals surface area (Å²) in [6.07, 6.45) is -0.489. The van der Waals surface area contributed by atoms with Crippen LogP contribution in [0.4, 0.5) is 11.4 Å². The zero-order chi connectivity index (χ0) is 21.1. The molecule has 0 saturated carbocycles. The summed E-state index contributed by atoms with van der Waals surface area (Å²) in [5.74, 6) is -0.495. The molecule has 0 aliphatic carbocycles. The van der Waals surface area contributed by atoms with Crippen molar-refractivity contribution in [1.82, 2.24) is 0 Å². The van der Waals surface area contributed by atoms with Crippen molar-refractivity contribution in [1.29, 1.82) is 0 Å². The van der Waals surface area contributed by atoms with Gasteiger partial charge in [0, 0.05) is 11.4 Å². The number of amides is 1. The number of carbonyl (C=O) groups is 2. The topological polar surface area (TPSA) is 88.1 Å². The molecule has 1 aliphatic heterocycles. The van der Waals surface area contributed by atoms with Gasteiger partial charge in [-0.25, -0.2) is 4.79 Å². The molecule has 0 unspecified atom stereocenters. The number of para-hydroxylation sites is 2. The molecule has 7 nitrogen and oxygen atoms in total. The second kappa shape index (κ2) is 8.16. The molecule has 0 spiro atoms. The Balaban J connectivity index is 1.77. The molecule has 30 heavy (non-hydrogen) atoms. The maximum absolute atomic E-state index is 13.4. The van der Waals surface area contributed by atoms with E-state index in [1.165, 1.54) is 7.11 Å². The SMILES string of the molecule is COc1cc([C@H]2Nc3ccccc3C(=O)N2c2ccccc2)ccc1OCC(=O)O. The highest BCUT2D eigenvalue weighted by Crippen LogP contribution is 2.39. The van der Waals surface area contributed by atoms with E-state index in [0.717, 1.165) is 16.9 Å². The lowest BCUT2D eigenvalue weighted by molar-refractivity contribution is -0.139. The van der Waals surface area contributed by atoms with Crippen molar-refractivity contribution in [3.8, 4) is 11.5 Å². The van der Waals surface area contributed by atoms with Crippen LogP contribution in [-0.4, -0.2) is 30.7 Å². The first-order valence-electron chi connectivity index (χ1n) is 9.35. The van der Waals surface area contributed by atoms with Gasteiger partial charge in [0.2, 0.25) is 0 Å². The van der Waals surface area contributed by atoms with Gasteiger partial charge in [-0.3, -0.25) is 9.69 Å². The molecular formula is C23H20N2O5. The third-order valence-corrected chi connectivity index (χ3v) is 4.82. The van der Waals surface area contributed by atoms with E-state index in [-0.39, 0.29) is 5.91 Å². The molecule has 3 aromatic rings. The van der Waals surface area contributed by atoms with Crippen LogP contribution < -0.4 is 19.7 Å². The first-order chi connectivity index (χ1) is 14.6. The zero-order valence-corrected chi connectivity index (χ0v) is 16.2. The number of nitrogens with one attached hydrogen (secondary N) is 1. The quantitative estimate of drug-likeness (QED) is 0.647. The van der Waals surface area contributed by atoms with Gasteiger partial charge in [-0.05, 0) is 42.0 Å². The molecule has 7 heteroatoms. The van der Waals surface area contributed by atoms with E-state index in [4.69, 9.17) is 14.6 Å². The minimum absolute atomic E-state index is 0.120. The number of benzene rings is 3. The summed E-state index contributed by atoms with van der Waals surface area (Å²) < 4.78 is 10.7. The number of carboxylic acid groups (broad SMARTS) is 1. The van der Waals surface area contributed by atoms with E-state index in [1.807, 2.05) is 48.5 Å². The molecule has 0 saturated heterocycles. The third-order valence-electron chi connectivity index (χ3n) is 4.82. The fourth-order valence-corrected chi connectivity index (χ4v) is 3.45. The van der Waals surface area contributed by atoms with Gasteiger partial charge in [0.25, 0.3) is 5.91 Å². The first-order valence-corrected chi connectivity index (χ1v) is 9.35. The monoisotopic (exact) mass is 404 g/mol. The van der Waals surface area contributed by atoms with Gasteiger partial charge < -0.3 is 19.9 Å². The molecular weight excluding hydrogens is 384 g/mol. The fourth-order valence-electron chi connectivity index (χ4n) is 3.45. The normalized spacial score (nSPS) is 15.2. The summed E-state index contributed by atoms with van der Waals surface area (Å²) in [6.45, 7) is -0.473. The molecule has 2 N–H and O–H groups in total. The van der Waals surface area contributed by atoms with Crippen LogP contribution in [0.25, 0.3) is 0 Å². The van der Waals surface area contributed by atoms with E-state index in [2.05, 4.69) is 5.32 Å². The largest absolute Gasteiger partial charge is 0.493 e. The lowest BCUT2D eigenvalue weighted by Gasteiger charge is -2.38. The summed E-state index contributed by atoms with van der Waals surface area (Å²) in [4.78, 5) is 25.9. The zero-order valence-electron chi connectivity index (χ0n) is 16.2. The van der Waals surface area contributed by atoms with Gasteiger partial charge in [0.15, 0.2) is 18.1 Å². The van der Waals surface area contributed by atoms with E-state index >= 15 is 0 Å². The van der Waals surface area contributed by atoms with Crippen molar-refractivity contribution in [2.75, 3.05) is 23.9 Å². The van der Waals surface area contributed by atoms with Crippen LogP contribution in [0.2, 0.25) is 0 Å². The summed E-state index contributed by atoms with van der Waals surface area (Å²) >= 11 is 0. The molecule has 0 bridgehead atoms. The number of rotatable bonds is 6. The number of hydrogen-bond donors (Lipinski definition) is 2. The summed E-state index contributed by atoms with van der Waals surface area (Å²) in [5.41, 5.74) is 2.84. The van der Waals surface area contributed by atoms with Crippen LogP contribution in [-0.2, 0) is 4.79 Å².